The Hall–Kier alpha value is -1.02. The summed E-state index contributed by atoms with van der Waals surface area (Å²) in [4.78, 5) is 4.77. The van der Waals surface area contributed by atoms with E-state index < -0.39 is 0 Å². The van der Waals surface area contributed by atoms with Crippen molar-refractivity contribution in [1.82, 2.24) is 9.55 Å². The smallest absolute Gasteiger partial charge is 0.127 e. The Balaban J connectivity index is 1.86. The Kier molecular flexibility index (Phi) is 4.54. The Bertz CT molecular complexity index is 609. The molecule has 1 aliphatic rings. The second kappa shape index (κ2) is 6.39. The molecular formula is C18H25ClN2. The number of aryl methyl sites for hydroxylation is 2. The van der Waals surface area contributed by atoms with Crippen molar-refractivity contribution in [3.8, 4) is 0 Å². The van der Waals surface area contributed by atoms with Crippen LogP contribution in [0.15, 0.2) is 18.2 Å². The van der Waals surface area contributed by atoms with Gasteiger partial charge in [0.15, 0.2) is 0 Å². The third kappa shape index (κ3) is 3.26. The van der Waals surface area contributed by atoms with E-state index in [1.807, 2.05) is 6.92 Å². The standard InChI is InChI=1S/C18H25ClN2/c1-13-8-9-17-16(12-13)20-18(14(2)19)21(17)11-10-15-6-4-3-5-7-15/h8-9,12,14-15H,3-7,10-11H2,1-2H3. The summed E-state index contributed by atoms with van der Waals surface area (Å²) in [5, 5.41) is -0.0379. The fourth-order valence-electron chi connectivity index (χ4n) is 3.58. The van der Waals surface area contributed by atoms with E-state index in [1.54, 1.807) is 0 Å². The number of nitrogens with zero attached hydrogens (tertiary/aromatic N) is 2. The zero-order chi connectivity index (χ0) is 14.8. The molecule has 21 heavy (non-hydrogen) atoms. The van der Waals surface area contributed by atoms with Crippen LogP contribution < -0.4 is 0 Å². The highest BCUT2D eigenvalue weighted by Gasteiger charge is 2.18. The largest absolute Gasteiger partial charge is 0.327 e. The van der Waals surface area contributed by atoms with Crippen LogP contribution in [0.25, 0.3) is 11.0 Å². The van der Waals surface area contributed by atoms with Gasteiger partial charge in [0.2, 0.25) is 0 Å². The second-order valence-corrected chi connectivity index (χ2v) is 7.18. The van der Waals surface area contributed by atoms with E-state index in [1.165, 1.54) is 49.6 Å². The van der Waals surface area contributed by atoms with Crippen molar-refractivity contribution < 1.29 is 0 Å². The van der Waals surface area contributed by atoms with Gasteiger partial charge in [-0.15, -0.1) is 11.6 Å². The SMILES string of the molecule is Cc1ccc2c(c1)nc(C(C)Cl)n2CCC1CCCCC1. The zero-order valence-electron chi connectivity index (χ0n) is 13.1. The number of hydrogen-bond donors (Lipinski definition) is 0. The molecule has 2 aromatic rings. The molecule has 3 rings (SSSR count). The molecule has 0 bridgehead atoms. The van der Waals surface area contributed by atoms with Gasteiger partial charge in [0.1, 0.15) is 5.82 Å². The van der Waals surface area contributed by atoms with Crippen LogP contribution >= 0.6 is 11.6 Å². The molecule has 0 spiro atoms. The van der Waals surface area contributed by atoms with Crippen LogP contribution in [0.3, 0.4) is 0 Å². The van der Waals surface area contributed by atoms with Gasteiger partial charge in [-0.05, 0) is 43.9 Å². The molecular weight excluding hydrogens is 280 g/mol. The summed E-state index contributed by atoms with van der Waals surface area (Å²) in [6.45, 7) is 5.19. The van der Waals surface area contributed by atoms with Crippen LogP contribution in [-0.2, 0) is 6.54 Å². The highest BCUT2D eigenvalue weighted by molar-refractivity contribution is 6.20. The van der Waals surface area contributed by atoms with Gasteiger partial charge in [-0.3, -0.25) is 0 Å². The Morgan fingerprint density at radius 2 is 2.05 bits per heavy atom. The maximum absolute atomic E-state index is 6.36. The van der Waals surface area contributed by atoms with Crippen LogP contribution in [0.4, 0.5) is 0 Å². The number of imidazole rings is 1. The van der Waals surface area contributed by atoms with E-state index in [0.29, 0.717) is 0 Å². The van der Waals surface area contributed by atoms with Crippen molar-refractivity contribution in [3.05, 3.63) is 29.6 Å². The molecule has 1 aromatic carbocycles. The number of benzene rings is 1. The van der Waals surface area contributed by atoms with Crippen molar-refractivity contribution in [1.29, 1.82) is 0 Å². The van der Waals surface area contributed by atoms with Gasteiger partial charge < -0.3 is 4.57 Å². The number of hydrogen-bond acceptors (Lipinski definition) is 1. The predicted molar refractivity (Wildman–Crippen MR) is 89.9 cm³/mol. The minimum Gasteiger partial charge on any atom is -0.327 e. The third-order valence-corrected chi connectivity index (χ3v) is 4.97. The molecule has 0 saturated heterocycles. The van der Waals surface area contributed by atoms with Gasteiger partial charge in [-0.1, -0.05) is 38.2 Å². The topological polar surface area (TPSA) is 17.8 Å². The van der Waals surface area contributed by atoms with Crippen molar-refractivity contribution in [2.24, 2.45) is 5.92 Å². The van der Waals surface area contributed by atoms with E-state index in [2.05, 4.69) is 29.7 Å². The molecule has 1 heterocycles. The molecule has 0 amide bonds. The lowest BCUT2D eigenvalue weighted by Gasteiger charge is -2.22. The summed E-state index contributed by atoms with van der Waals surface area (Å²) in [6.07, 6.45) is 8.30. The Morgan fingerprint density at radius 1 is 1.29 bits per heavy atom. The lowest BCUT2D eigenvalue weighted by atomic mass is 9.87. The molecule has 1 atom stereocenters. The summed E-state index contributed by atoms with van der Waals surface area (Å²) in [6, 6.07) is 6.53. The summed E-state index contributed by atoms with van der Waals surface area (Å²) >= 11 is 6.36. The van der Waals surface area contributed by atoms with E-state index in [9.17, 15) is 0 Å². The molecule has 1 saturated carbocycles. The first-order valence-electron chi connectivity index (χ1n) is 8.26. The van der Waals surface area contributed by atoms with Gasteiger partial charge in [0.05, 0.1) is 16.4 Å². The minimum atomic E-state index is -0.0379. The maximum Gasteiger partial charge on any atom is 0.127 e. The van der Waals surface area contributed by atoms with Crippen LogP contribution in [0.2, 0.25) is 0 Å². The van der Waals surface area contributed by atoms with E-state index >= 15 is 0 Å². The van der Waals surface area contributed by atoms with Crippen LogP contribution in [-0.4, -0.2) is 9.55 Å². The fraction of sp³-hybridized carbons (Fsp3) is 0.611. The summed E-state index contributed by atoms with van der Waals surface area (Å²) in [5.74, 6) is 1.91. The van der Waals surface area contributed by atoms with Crippen molar-refractivity contribution in [2.45, 2.75) is 64.3 Å². The highest BCUT2D eigenvalue weighted by atomic mass is 35.5. The lowest BCUT2D eigenvalue weighted by Crippen LogP contribution is -2.12. The Labute approximate surface area is 132 Å². The van der Waals surface area contributed by atoms with Crippen molar-refractivity contribution >= 4 is 22.6 Å². The minimum absolute atomic E-state index is 0.0379. The molecule has 1 aromatic heterocycles. The van der Waals surface area contributed by atoms with Gasteiger partial charge in [0, 0.05) is 6.54 Å². The average Bonchev–Trinajstić information content (AvgIpc) is 2.84. The predicted octanol–water partition coefficient (Wildman–Crippen LogP) is 5.61. The van der Waals surface area contributed by atoms with E-state index in [4.69, 9.17) is 16.6 Å². The first-order valence-corrected chi connectivity index (χ1v) is 8.69. The zero-order valence-corrected chi connectivity index (χ0v) is 13.9. The number of aromatic nitrogens is 2. The number of rotatable bonds is 4. The number of fused-ring (bicyclic) bond motifs is 1. The number of halogens is 1. The Morgan fingerprint density at radius 3 is 2.76 bits per heavy atom. The summed E-state index contributed by atoms with van der Waals surface area (Å²) in [5.41, 5.74) is 3.58. The molecule has 0 aliphatic heterocycles. The molecule has 0 radical (unpaired) electrons. The van der Waals surface area contributed by atoms with Crippen molar-refractivity contribution in [3.63, 3.8) is 0 Å². The lowest BCUT2D eigenvalue weighted by molar-refractivity contribution is 0.324. The summed E-state index contributed by atoms with van der Waals surface area (Å²) in [7, 11) is 0. The molecule has 1 fully saturated rings. The molecule has 0 N–H and O–H groups in total. The van der Waals surface area contributed by atoms with Gasteiger partial charge in [-0.25, -0.2) is 4.98 Å². The molecule has 1 aliphatic carbocycles. The van der Waals surface area contributed by atoms with Crippen molar-refractivity contribution in [2.75, 3.05) is 0 Å². The van der Waals surface area contributed by atoms with E-state index in [0.717, 1.165) is 23.8 Å². The average molecular weight is 305 g/mol. The van der Waals surface area contributed by atoms with Crippen LogP contribution in [0, 0.1) is 12.8 Å². The second-order valence-electron chi connectivity index (χ2n) is 6.52. The monoisotopic (exact) mass is 304 g/mol. The fourth-order valence-corrected chi connectivity index (χ4v) is 3.75. The number of alkyl halides is 1. The van der Waals surface area contributed by atoms with Crippen LogP contribution in [0.5, 0.6) is 0 Å². The first-order chi connectivity index (χ1) is 10.1. The van der Waals surface area contributed by atoms with Crippen LogP contribution in [0.1, 0.15) is 62.2 Å². The van der Waals surface area contributed by atoms with Gasteiger partial charge in [-0.2, -0.15) is 0 Å². The first kappa shape index (κ1) is 14.9. The molecule has 2 nitrogen and oxygen atoms in total. The molecule has 1 unspecified atom stereocenters. The highest BCUT2D eigenvalue weighted by Crippen LogP contribution is 2.30. The quantitative estimate of drug-likeness (QED) is 0.671. The molecule has 114 valence electrons. The molecule has 3 heteroatoms. The normalized spacial score (nSPS) is 18.2. The van der Waals surface area contributed by atoms with Gasteiger partial charge >= 0.3 is 0 Å². The van der Waals surface area contributed by atoms with E-state index in [-0.39, 0.29) is 5.38 Å². The summed E-state index contributed by atoms with van der Waals surface area (Å²) < 4.78 is 2.35. The van der Waals surface area contributed by atoms with Gasteiger partial charge in [0.25, 0.3) is 0 Å². The third-order valence-electron chi connectivity index (χ3n) is 4.77. The maximum atomic E-state index is 6.36.